The average Bonchev–Trinajstić information content (AvgIpc) is 3.58. The lowest BCUT2D eigenvalue weighted by molar-refractivity contribution is -0.137. The van der Waals surface area contributed by atoms with E-state index in [0.717, 1.165) is 30.2 Å². The molecular weight excluding hydrogens is 439 g/mol. The molecule has 0 amide bonds. The van der Waals surface area contributed by atoms with Crippen molar-refractivity contribution in [3.05, 3.63) is 64.7 Å². The second-order valence-corrected chi connectivity index (χ2v) is 8.70. The molecule has 8 heteroatoms. The Morgan fingerprint density at radius 1 is 1.32 bits per heavy atom. The number of carbonyl (C=O) groups is 1. The summed E-state index contributed by atoms with van der Waals surface area (Å²) >= 11 is 0. The molecule has 178 valence electrons. The third kappa shape index (κ3) is 5.44. The molecule has 2 heterocycles. The van der Waals surface area contributed by atoms with E-state index in [1.807, 2.05) is 44.2 Å². The topological polar surface area (TPSA) is 94.7 Å². The van der Waals surface area contributed by atoms with Gasteiger partial charge in [-0.05, 0) is 56.2 Å². The van der Waals surface area contributed by atoms with Gasteiger partial charge in [-0.25, -0.2) is 9.37 Å². The van der Waals surface area contributed by atoms with Gasteiger partial charge in [-0.3, -0.25) is 4.79 Å². The highest BCUT2D eigenvalue weighted by Crippen LogP contribution is 2.45. The van der Waals surface area contributed by atoms with Crippen LogP contribution in [0.4, 0.5) is 4.39 Å². The number of methoxy groups -OCH3 is 1. The van der Waals surface area contributed by atoms with Gasteiger partial charge in [-0.15, -0.1) is 0 Å². The van der Waals surface area contributed by atoms with Crippen LogP contribution in [0, 0.1) is 11.7 Å². The maximum absolute atomic E-state index is 14.6. The number of aliphatic carboxylic acids is 1. The second-order valence-electron chi connectivity index (χ2n) is 8.70. The van der Waals surface area contributed by atoms with Crippen LogP contribution in [0.15, 0.2) is 46.6 Å². The van der Waals surface area contributed by atoms with Gasteiger partial charge in [0.05, 0.1) is 25.3 Å². The molecular formula is C26H27FN2O5. The number of hydrogen-bond acceptors (Lipinski definition) is 6. The molecule has 1 atom stereocenters. The summed E-state index contributed by atoms with van der Waals surface area (Å²) in [6, 6.07) is 8.99. The van der Waals surface area contributed by atoms with Gasteiger partial charge in [0.25, 0.3) is 0 Å². The Labute approximate surface area is 197 Å². The molecule has 0 radical (unpaired) electrons. The largest absolute Gasteiger partial charge is 0.487 e. The van der Waals surface area contributed by atoms with E-state index in [2.05, 4.69) is 10.1 Å². The number of hydrogen-bond donors (Lipinski definition) is 1. The maximum Gasteiger partial charge on any atom is 0.303 e. The molecule has 1 aliphatic rings. The summed E-state index contributed by atoms with van der Waals surface area (Å²) in [4.78, 5) is 15.2. The van der Waals surface area contributed by atoms with Gasteiger partial charge in [0, 0.05) is 11.6 Å². The fraction of sp³-hybridized carbons (Fsp3) is 0.346. The fourth-order valence-corrected chi connectivity index (χ4v) is 4.00. The highest BCUT2D eigenvalue weighted by Gasteiger charge is 2.33. The van der Waals surface area contributed by atoms with Gasteiger partial charge < -0.3 is 19.1 Å². The van der Waals surface area contributed by atoms with Crippen LogP contribution in [0.3, 0.4) is 0 Å². The van der Waals surface area contributed by atoms with E-state index >= 15 is 0 Å². The first kappa shape index (κ1) is 23.5. The quantitative estimate of drug-likeness (QED) is 0.400. The van der Waals surface area contributed by atoms with E-state index in [0.29, 0.717) is 22.9 Å². The number of carboxylic acid groups (broad SMARTS) is 1. The fourth-order valence-electron chi connectivity index (χ4n) is 4.00. The Bertz CT molecular complexity index is 1210. The lowest BCUT2D eigenvalue weighted by atomic mass is 9.91. The predicted molar refractivity (Wildman–Crippen MR) is 124 cm³/mol. The van der Waals surface area contributed by atoms with Gasteiger partial charge in [0.15, 0.2) is 11.6 Å². The number of allylic oxidation sites excluding steroid dienone is 1. The second kappa shape index (κ2) is 10.1. The SMILES string of the molecule is COc1cc(-c2onc(COc3cccc([C@@H](CC(=O)O)C4CC4)c3)c2C=C(C)C)c(F)cn1. The van der Waals surface area contributed by atoms with Crippen LogP contribution in [-0.4, -0.2) is 28.3 Å². The molecule has 3 aromatic rings. The Morgan fingerprint density at radius 3 is 2.79 bits per heavy atom. The molecule has 0 saturated heterocycles. The lowest BCUT2D eigenvalue weighted by Crippen LogP contribution is -2.08. The minimum atomic E-state index is -0.801. The Morgan fingerprint density at radius 2 is 2.12 bits per heavy atom. The first-order valence-corrected chi connectivity index (χ1v) is 11.1. The maximum atomic E-state index is 14.6. The van der Waals surface area contributed by atoms with Crippen LogP contribution in [0.1, 0.15) is 55.8 Å². The molecule has 34 heavy (non-hydrogen) atoms. The predicted octanol–water partition coefficient (Wildman–Crippen LogP) is 5.85. The number of ether oxygens (including phenoxy) is 2. The first-order chi connectivity index (χ1) is 16.4. The monoisotopic (exact) mass is 466 g/mol. The van der Waals surface area contributed by atoms with E-state index in [9.17, 15) is 14.3 Å². The molecule has 4 rings (SSSR count). The van der Waals surface area contributed by atoms with Crippen LogP contribution >= 0.6 is 0 Å². The van der Waals surface area contributed by atoms with E-state index < -0.39 is 11.8 Å². The van der Waals surface area contributed by atoms with Crippen molar-refractivity contribution in [3.63, 3.8) is 0 Å². The molecule has 0 spiro atoms. The number of rotatable bonds is 10. The summed E-state index contributed by atoms with van der Waals surface area (Å²) in [5.74, 6) is 0.165. The Hall–Kier alpha value is -3.68. The molecule has 0 bridgehead atoms. The van der Waals surface area contributed by atoms with Crippen LogP contribution < -0.4 is 9.47 Å². The minimum absolute atomic E-state index is 0.0226. The number of pyridine rings is 1. The summed E-state index contributed by atoms with van der Waals surface area (Å²) in [6.07, 6.45) is 5.15. The number of carboxylic acids is 1. The van der Waals surface area contributed by atoms with Gasteiger partial charge in [-0.1, -0.05) is 28.9 Å². The van der Waals surface area contributed by atoms with Crippen molar-refractivity contribution in [2.75, 3.05) is 7.11 Å². The van der Waals surface area contributed by atoms with Crippen molar-refractivity contribution in [3.8, 4) is 23.0 Å². The van der Waals surface area contributed by atoms with E-state index in [4.69, 9.17) is 14.0 Å². The molecule has 1 saturated carbocycles. The highest BCUT2D eigenvalue weighted by molar-refractivity contribution is 5.73. The highest BCUT2D eigenvalue weighted by atomic mass is 19.1. The van der Waals surface area contributed by atoms with Crippen molar-refractivity contribution in [1.29, 1.82) is 0 Å². The molecule has 2 aromatic heterocycles. The van der Waals surface area contributed by atoms with Crippen LogP contribution in [-0.2, 0) is 11.4 Å². The lowest BCUT2D eigenvalue weighted by Gasteiger charge is -2.15. The van der Waals surface area contributed by atoms with E-state index in [-0.39, 0.29) is 36.1 Å². The number of benzene rings is 1. The molecule has 1 aliphatic carbocycles. The van der Waals surface area contributed by atoms with E-state index in [1.54, 1.807) is 0 Å². The Kier molecular flexibility index (Phi) is 6.95. The summed E-state index contributed by atoms with van der Waals surface area (Å²) in [5.41, 5.74) is 3.26. The summed E-state index contributed by atoms with van der Waals surface area (Å²) < 4.78 is 31.2. The molecule has 7 nitrogen and oxygen atoms in total. The first-order valence-electron chi connectivity index (χ1n) is 11.1. The van der Waals surface area contributed by atoms with Crippen molar-refractivity contribution in [2.45, 2.75) is 45.6 Å². The van der Waals surface area contributed by atoms with Gasteiger partial charge >= 0.3 is 5.97 Å². The molecule has 1 aromatic carbocycles. The van der Waals surface area contributed by atoms with Crippen molar-refractivity contribution < 1.29 is 28.3 Å². The molecule has 1 N–H and O–H groups in total. The normalized spacial score (nSPS) is 13.9. The third-order valence-corrected chi connectivity index (χ3v) is 5.77. The third-order valence-electron chi connectivity index (χ3n) is 5.77. The van der Waals surface area contributed by atoms with Crippen molar-refractivity contribution in [1.82, 2.24) is 10.1 Å². The molecule has 0 unspecified atom stereocenters. The standard InChI is InChI=1S/C26H27FN2O5/c1-15(2)9-21-23(29-34-26(21)20-11-24(32-3)28-13-22(20)27)14-33-18-6-4-5-17(10-18)19(12-25(30)31)16-7-8-16/h4-6,9-11,13,16,19H,7-8,12,14H2,1-3H3,(H,30,31)/t19-/m0/s1. The Balaban J connectivity index is 1.60. The number of halogens is 1. The van der Waals surface area contributed by atoms with Crippen molar-refractivity contribution in [2.24, 2.45) is 5.92 Å². The van der Waals surface area contributed by atoms with Gasteiger partial charge in [-0.2, -0.15) is 0 Å². The van der Waals surface area contributed by atoms with Crippen molar-refractivity contribution >= 4 is 12.0 Å². The molecule has 0 aliphatic heterocycles. The zero-order valence-electron chi connectivity index (χ0n) is 19.4. The average molecular weight is 467 g/mol. The van der Waals surface area contributed by atoms with Crippen LogP contribution in [0.2, 0.25) is 0 Å². The smallest absolute Gasteiger partial charge is 0.303 e. The number of aromatic nitrogens is 2. The zero-order valence-corrected chi connectivity index (χ0v) is 19.4. The summed E-state index contributed by atoms with van der Waals surface area (Å²) in [6.45, 7) is 3.95. The van der Waals surface area contributed by atoms with Gasteiger partial charge in [0.1, 0.15) is 18.1 Å². The molecule has 1 fully saturated rings. The van der Waals surface area contributed by atoms with Crippen LogP contribution in [0.5, 0.6) is 11.6 Å². The summed E-state index contributed by atoms with van der Waals surface area (Å²) in [5, 5.41) is 13.4. The number of nitrogens with zero attached hydrogens (tertiary/aromatic N) is 2. The zero-order chi connectivity index (χ0) is 24.2. The van der Waals surface area contributed by atoms with Crippen LogP contribution in [0.25, 0.3) is 17.4 Å². The van der Waals surface area contributed by atoms with Gasteiger partial charge in [0.2, 0.25) is 5.88 Å². The minimum Gasteiger partial charge on any atom is -0.487 e. The van der Waals surface area contributed by atoms with E-state index in [1.165, 1.54) is 13.2 Å². The summed E-state index contributed by atoms with van der Waals surface area (Å²) in [7, 11) is 1.46.